The van der Waals surface area contributed by atoms with Crippen LogP contribution in [0.15, 0.2) is 18.2 Å². The molecule has 1 aromatic heterocycles. The number of rotatable bonds is 6. The smallest absolute Gasteiger partial charge is 0.465 e. The minimum absolute atomic E-state index is 0.189. The highest BCUT2D eigenvalue weighted by atomic mass is 32.1. The first-order valence-corrected chi connectivity index (χ1v) is 7.49. The zero-order chi connectivity index (χ0) is 17.0. The molecular weight excluding hydrogens is 335 g/mol. The zero-order valence-electron chi connectivity index (χ0n) is 12.1. The fourth-order valence-electron chi connectivity index (χ4n) is 1.85. The summed E-state index contributed by atoms with van der Waals surface area (Å²) in [6, 6.07) is 3.69. The van der Waals surface area contributed by atoms with E-state index in [-0.39, 0.29) is 17.4 Å². The number of benzene rings is 1. The van der Waals surface area contributed by atoms with Crippen molar-refractivity contribution in [3.05, 3.63) is 18.2 Å². The number of ether oxygens (including phenoxy) is 1. The van der Waals surface area contributed by atoms with E-state index in [1.807, 2.05) is 6.92 Å². The van der Waals surface area contributed by atoms with Crippen LogP contribution in [0, 0.1) is 0 Å². The minimum atomic E-state index is -4.78. The molecule has 1 heterocycles. The summed E-state index contributed by atoms with van der Waals surface area (Å²) in [6.45, 7) is 3.23. The van der Waals surface area contributed by atoms with Gasteiger partial charge in [0, 0.05) is 19.2 Å². The molecule has 0 fully saturated rings. The van der Waals surface area contributed by atoms with Crippen LogP contribution < -0.4 is 15.0 Å². The van der Waals surface area contributed by atoms with Gasteiger partial charge >= 0.3 is 12.5 Å². The summed E-state index contributed by atoms with van der Waals surface area (Å²) in [5.74, 6) is -0.366. The topological polar surface area (TPSA) is 74.7 Å². The molecule has 0 aliphatic carbocycles. The van der Waals surface area contributed by atoms with Crippen molar-refractivity contribution in [2.45, 2.75) is 13.3 Å². The number of nitrogens with one attached hydrogen (secondary N) is 1. The number of aromatic nitrogens is 1. The largest absolute Gasteiger partial charge is 0.573 e. The number of likely N-dealkylation sites (N-methyl/N-ethyl adjacent to an activating group) is 1. The minimum Gasteiger partial charge on any atom is -0.465 e. The van der Waals surface area contributed by atoms with Crippen LogP contribution in [0.4, 0.5) is 23.1 Å². The molecule has 1 amide bonds. The molecule has 0 saturated carbocycles. The van der Waals surface area contributed by atoms with E-state index in [0.29, 0.717) is 23.3 Å². The number of thiazole rings is 1. The van der Waals surface area contributed by atoms with Crippen LogP contribution in [0.2, 0.25) is 0 Å². The van der Waals surface area contributed by atoms with Crippen LogP contribution in [-0.4, -0.2) is 42.2 Å². The number of hydrogen-bond donors (Lipinski definition) is 2. The van der Waals surface area contributed by atoms with Crippen LogP contribution in [0.3, 0.4) is 0 Å². The normalized spacial score (nSPS) is 11.7. The lowest BCUT2D eigenvalue weighted by atomic mass is 10.3. The number of nitrogens with zero attached hydrogens (tertiary/aromatic N) is 2. The molecule has 0 spiro atoms. The van der Waals surface area contributed by atoms with E-state index in [2.05, 4.69) is 15.0 Å². The molecule has 10 heteroatoms. The van der Waals surface area contributed by atoms with Gasteiger partial charge in [-0.1, -0.05) is 18.3 Å². The van der Waals surface area contributed by atoms with E-state index in [4.69, 9.17) is 0 Å². The van der Waals surface area contributed by atoms with Gasteiger partial charge in [0.05, 0.1) is 10.2 Å². The molecule has 0 saturated heterocycles. The highest BCUT2D eigenvalue weighted by Gasteiger charge is 2.31. The molecule has 2 aromatic rings. The van der Waals surface area contributed by atoms with Crippen molar-refractivity contribution in [3.63, 3.8) is 0 Å². The Labute approximate surface area is 133 Å². The van der Waals surface area contributed by atoms with Gasteiger partial charge in [-0.15, -0.1) is 13.2 Å². The average Bonchev–Trinajstić information content (AvgIpc) is 2.84. The maximum absolute atomic E-state index is 12.2. The zero-order valence-corrected chi connectivity index (χ0v) is 12.9. The Kier molecular flexibility index (Phi) is 5.26. The third-order valence-corrected chi connectivity index (χ3v) is 3.85. The number of carbonyl (C=O) groups is 1. The number of fused-ring (bicyclic) bond motifs is 1. The fourth-order valence-corrected chi connectivity index (χ4v) is 2.86. The SMILES string of the molecule is CCNCCN(C(=O)O)c1nc2ccc(OC(F)(F)F)cc2s1. The number of anilines is 1. The van der Waals surface area contributed by atoms with E-state index >= 15 is 0 Å². The van der Waals surface area contributed by atoms with E-state index in [1.54, 1.807) is 0 Å². The highest BCUT2D eigenvalue weighted by molar-refractivity contribution is 7.22. The van der Waals surface area contributed by atoms with Crippen molar-refractivity contribution < 1.29 is 27.8 Å². The number of carboxylic acid groups (broad SMARTS) is 1. The average molecular weight is 349 g/mol. The van der Waals surface area contributed by atoms with Crippen LogP contribution in [0.1, 0.15) is 6.92 Å². The molecule has 1 aromatic carbocycles. The van der Waals surface area contributed by atoms with E-state index in [9.17, 15) is 23.1 Å². The maximum Gasteiger partial charge on any atom is 0.573 e. The van der Waals surface area contributed by atoms with E-state index in [0.717, 1.165) is 22.3 Å². The molecule has 2 N–H and O–H groups in total. The lowest BCUT2D eigenvalue weighted by Crippen LogP contribution is -2.35. The Morgan fingerprint density at radius 3 is 2.83 bits per heavy atom. The molecule has 2 rings (SSSR count). The molecule has 0 unspecified atom stereocenters. The summed E-state index contributed by atoms with van der Waals surface area (Å²) < 4.78 is 40.9. The Balaban J connectivity index is 2.25. The predicted molar refractivity (Wildman–Crippen MR) is 80.2 cm³/mol. The van der Waals surface area contributed by atoms with Gasteiger partial charge in [-0.05, 0) is 18.7 Å². The van der Waals surface area contributed by atoms with Crippen LogP contribution in [0.5, 0.6) is 5.75 Å². The summed E-state index contributed by atoms with van der Waals surface area (Å²) in [5, 5.41) is 12.5. The second kappa shape index (κ2) is 7.01. The van der Waals surface area contributed by atoms with Gasteiger partial charge in [0.2, 0.25) is 0 Å². The summed E-state index contributed by atoms with van der Waals surface area (Å²) in [7, 11) is 0. The van der Waals surface area contributed by atoms with Crippen molar-refractivity contribution in [3.8, 4) is 5.75 Å². The van der Waals surface area contributed by atoms with E-state index < -0.39 is 12.5 Å². The van der Waals surface area contributed by atoms with Gasteiger partial charge in [0.15, 0.2) is 5.13 Å². The maximum atomic E-state index is 12.2. The standard InChI is InChI=1S/C13H14F3N3O3S/c1-2-17-5-6-19(12(20)21)11-18-9-4-3-8(7-10(9)23-11)22-13(14,15)16/h3-4,7,17H,2,5-6H2,1H3,(H,20,21). The van der Waals surface area contributed by atoms with E-state index in [1.165, 1.54) is 12.1 Å². The highest BCUT2D eigenvalue weighted by Crippen LogP contribution is 2.33. The van der Waals surface area contributed by atoms with Crippen LogP contribution in [-0.2, 0) is 0 Å². The lowest BCUT2D eigenvalue weighted by Gasteiger charge is -2.15. The van der Waals surface area contributed by atoms with Gasteiger partial charge in [0.1, 0.15) is 5.75 Å². The number of amides is 1. The molecule has 0 aliphatic rings. The second-order valence-electron chi connectivity index (χ2n) is 4.46. The Bertz CT molecular complexity index is 690. The van der Waals surface area contributed by atoms with Crippen molar-refractivity contribution in [1.82, 2.24) is 10.3 Å². The number of hydrogen-bond acceptors (Lipinski definition) is 5. The van der Waals surface area contributed by atoms with Gasteiger partial charge in [0.25, 0.3) is 0 Å². The summed E-state index contributed by atoms with van der Waals surface area (Å²) in [4.78, 5) is 16.5. The summed E-state index contributed by atoms with van der Waals surface area (Å²) >= 11 is 0.991. The van der Waals surface area contributed by atoms with Crippen molar-refractivity contribution in [1.29, 1.82) is 0 Å². The monoisotopic (exact) mass is 349 g/mol. The summed E-state index contributed by atoms with van der Waals surface area (Å²) in [5.41, 5.74) is 0.411. The first-order chi connectivity index (χ1) is 10.8. The number of alkyl halides is 3. The molecule has 23 heavy (non-hydrogen) atoms. The van der Waals surface area contributed by atoms with Gasteiger partial charge in [-0.3, -0.25) is 4.90 Å². The molecule has 0 radical (unpaired) electrons. The first-order valence-electron chi connectivity index (χ1n) is 6.67. The Morgan fingerprint density at radius 2 is 2.22 bits per heavy atom. The van der Waals surface area contributed by atoms with Crippen molar-refractivity contribution in [2.75, 3.05) is 24.5 Å². The van der Waals surface area contributed by atoms with Gasteiger partial charge < -0.3 is 15.2 Å². The van der Waals surface area contributed by atoms with Gasteiger partial charge in [-0.2, -0.15) is 0 Å². The molecule has 126 valence electrons. The molecule has 6 nitrogen and oxygen atoms in total. The van der Waals surface area contributed by atoms with Crippen LogP contribution in [0.25, 0.3) is 10.2 Å². The van der Waals surface area contributed by atoms with Crippen LogP contribution >= 0.6 is 11.3 Å². The Morgan fingerprint density at radius 1 is 1.48 bits per heavy atom. The molecule has 0 bridgehead atoms. The number of halogens is 3. The Hall–Kier alpha value is -2.07. The quantitative estimate of drug-likeness (QED) is 0.783. The molecule has 0 atom stereocenters. The van der Waals surface area contributed by atoms with Crippen molar-refractivity contribution in [2.24, 2.45) is 0 Å². The molecule has 0 aliphatic heterocycles. The fraction of sp³-hybridized carbons (Fsp3) is 0.385. The third kappa shape index (κ3) is 4.70. The van der Waals surface area contributed by atoms with Crippen molar-refractivity contribution >= 4 is 32.8 Å². The first kappa shape index (κ1) is 17.3. The summed E-state index contributed by atoms with van der Waals surface area (Å²) in [6.07, 6.45) is -5.95. The molecular formula is C13H14F3N3O3S. The third-order valence-electron chi connectivity index (χ3n) is 2.81. The predicted octanol–water partition coefficient (Wildman–Crippen LogP) is 3.29. The van der Waals surface area contributed by atoms with Gasteiger partial charge in [-0.25, -0.2) is 9.78 Å². The lowest BCUT2D eigenvalue weighted by molar-refractivity contribution is -0.274. The second-order valence-corrected chi connectivity index (χ2v) is 5.47.